The van der Waals surface area contributed by atoms with Gasteiger partial charge in [-0.3, -0.25) is 9.69 Å². The van der Waals surface area contributed by atoms with Gasteiger partial charge in [0.1, 0.15) is 5.66 Å². The number of carbonyl (C=O) groups is 1. The van der Waals surface area contributed by atoms with Crippen molar-refractivity contribution in [1.29, 1.82) is 0 Å². The molecule has 0 aromatic heterocycles. The van der Waals surface area contributed by atoms with Gasteiger partial charge in [0.2, 0.25) is 0 Å². The molecule has 1 aliphatic rings. The Morgan fingerprint density at radius 2 is 1.89 bits per heavy atom. The van der Waals surface area contributed by atoms with Gasteiger partial charge in [0.15, 0.2) is 6.29 Å². The third-order valence-electron chi connectivity index (χ3n) is 3.94. The van der Waals surface area contributed by atoms with E-state index in [0.29, 0.717) is 0 Å². The summed E-state index contributed by atoms with van der Waals surface area (Å²) in [5.41, 5.74) is 6.79. The van der Waals surface area contributed by atoms with Gasteiger partial charge in [-0.15, -0.1) is 0 Å². The molecule has 1 aromatic carbocycles. The van der Waals surface area contributed by atoms with Crippen molar-refractivity contribution in [1.82, 2.24) is 10.2 Å². The van der Waals surface area contributed by atoms with E-state index >= 15 is 0 Å². The molecular weight excluding hydrogens is 240 g/mol. The number of piperazine rings is 1. The number of anilines is 2. The quantitative estimate of drug-likeness (QED) is 0.612. The lowest BCUT2D eigenvalue weighted by atomic mass is 10.1. The number of benzene rings is 1. The van der Waals surface area contributed by atoms with Gasteiger partial charge in [0.05, 0.1) is 0 Å². The van der Waals surface area contributed by atoms with Crippen molar-refractivity contribution in [3.05, 3.63) is 24.3 Å². The van der Waals surface area contributed by atoms with Crippen LogP contribution in [-0.2, 0) is 4.79 Å². The van der Waals surface area contributed by atoms with Crippen molar-refractivity contribution in [2.45, 2.75) is 12.6 Å². The molecule has 0 bridgehead atoms. The number of likely N-dealkylation sites (N-methyl/N-ethyl adjacent to an activating group) is 1. The summed E-state index contributed by atoms with van der Waals surface area (Å²) < 4.78 is 0. The van der Waals surface area contributed by atoms with Gasteiger partial charge in [-0.1, -0.05) is 0 Å². The molecule has 0 radical (unpaired) electrons. The van der Waals surface area contributed by atoms with Crippen LogP contribution >= 0.6 is 0 Å². The third-order valence-corrected chi connectivity index (χ3v) is 3.94. The highest BCUT2D eigenvalue weighted by atomic mass is 16.1. The van der Waals surface area contributed by atoms with Gasteiger partial charge in [-0.2, -0.15) is 0 Å². The van der Waals surface area contributed by atoms with E-state index in [1.807, 2.05) is 43.1 Å². The Balaban J connectivity index is 2.23. The first-order valence-electron chi connectivity index (χ1n) is 6.59. The molecule has 2 rings (SSSR count). The number of aldehydes is 1. The minimum Gasteiger partial charge on any atom is -0.399 e. The van der Waals surface area contributed by atoms with Crippen molar-refractivity contribution in [2.24, 2.45) is 0 Å². The van der Waals surface area contributed by atoms with Crippen molar-refractivity contribution in [3.8, 4) is 0 Å². The van der Waals surface area contributed by atoms with E-state index in [2.05, 4.69) is 10.2 Å². The molecule has 1 heterocycles. The number of nitrogens with one attached hydrogen (secondary N) is 1. The number of nitrogens with zero attached hydrogens (tertiary/aromatic N) is 2. The molecule has 1 aromatic rings. The van der Waals surface area contributed by atoms with Crippen LogP contribution in [0.15, 0.2) is 24.3 Å². The van der Waals surface area contributed by atoms with Crippen LogP contribution < -0.4 is 16.0 Å². The van der Waals surface area contributed by atoms with Crippen LogP contribution in [0.25, 0.3) is 0 Å². The van der Waals surface area contributed by atoms with Crippen LogP contribution in [0.4, 0.5) is 11.4 Å². The van der Waals surface area contributed by atoms with Gasteiger partial charge in [0.25, 0.3) is 0 Å². The number of carbonyl (C=O) groups excluding carboxylic acids is 1. The average molecular weight is 262 g/mol. The smallest absolute Gasteiger partial charge is 0.160 e. The van der Waals surface area contributed by atoms with Crippen molar-refractivity contribution in [2.75, 3.05) is 43.9 Å². The Morgan fingerprint density at radius 1 is 1.32 bits per heavy atom. The molecule has 1 saturated heterocycles. The molecule has 0 aliphatic carbocycles. The zero-order valence-electron chi connectivity index (χ0n) is 11.6. The number of hydrogen-bond acceptors (Lipinski definition) is 5. The topological polar surface area (TPSA) is 61.6 Å². The number of rotatable bonds is 4. The van der Waals surface area contributed by atoms with E-state index in [1.165, 1.54) is 0 Å². The molecule has 1 atom stereocenters. The number of hydrogen-bond donors (Lipinski definition) is 2. The van der Waals surface area contributed by atoms with Crippen molar-refractivity contribution in [3.63, 3.8) is 0 Å². The highest BCUT2D eigenvalue weighted by Crippen LogP contribution is 2.25. The van der Waals surface area contributed by atoms with Gasteiger partial charge in [0, 0.05) is 44.6 Å². The molecule has 1 unspecified atom stereocenters. The molecule has 5 heteroatoms. The summed E-state index contributed by atoms with van der Waals surface area (Å²) >= 11 is 0. The maximum absolute atomic E-state index is 11.7. The maximum Gasteiger partial charge on any atom is 0.160 e. The fourth-order valence-electron chi connectivity index (χ4n) is 2.44. The summed E-state index contributed by atoms with van der Waals surface area (Å²) in [6.45, 7) is 5.53. The highest BCUT2D eigenvalue weighted by Gasteiger charge is 2.36. The maximum atomic E-state index is 11.7. The van der Waals surface area contributed by atoms with Crippen LogP contribution in [0.3, 0.4) is 0 Å². The summed E-state index contributed by atoms with van der Waals surface area (Å²) in [5.74, 6) is 0. The summed E-state index contributed by atoms with van der Waals surface area (Å²) in [6, 6.07) is 7.60. The van der Waals surface area contributed by atoms with Gasteiger partial charge in [-0.05, 0) is 31.2 Å². The summed E-state index contributed by atoms with van der Waals surface area (Å²) in [7, 11) is 1.95. The normalized spacial score (nSPS) is 19.7. The van der Waals surface area contributed by atoms with E-state index in [-0.39, 0.29) is 0 Å². The van der Waals surface area contributed by atoms with Crippen molar-refractivity contribution >= 4 is 17.7 Å². The minimum absolute atomic E-state index is 0.627. The Bertz CT molecular complexity index is 428. The third kappa shape index (κ3) is 2.72. The van der Waals surface area contributed by atoms with Crippen molar-refractivity contribution < 1.29 is 4.79 Å². The lowest BCUT2D eigenvalue weighted by molar-refractivity contribution is -0.118. The fourth-order valence-corrected chi connectivity index (χ4v) is 2.44. The lowest BCUT2D eigenvalue weighted by Crippen LogP contribution is -2.63. The molecule has 0 saturated carbocycles. The zero-order chi connectivity index (χ0) is 13.9. The first-order chi connectivity index (χ1) is 9.08. The molecule has 1 aliphatic heterocycles. The molecule has 19 heavy (non-hydrogen) atoms. The summed E-state index contributed by atoms with van der Waals surface area (Å²) in [5, 5.41) is 3.30. The van der Waals surface area contributed by atoms with Crippen LogP contribution in [0, 0.1) is 0 Å². The number of nitrogen functional groups attached to an aromatic ring is 1. The van der Waals surface area contributed by atoms with Crippen LogP contribution in [-0.4, -0.2) is 50.1 Å². The van der Waals surface area contributed by atoms with E-state index in [4.69, 9.17) is 5.73 Å². The number of nitrogens with two attached hydrogens (primary N) is 1. The highest BCUT2D eigenvalue weighted by molar-refractivity contribution is 5.71. The first-order valence-corrected chi connectivity index (χ1v) is 6.59. The molecular formula is C14H22N4O. The van der Waals surface area contributed by atoms with Gasteiger partial charge >= 0.3 is 0 Å². The van der Waals surface area contributed by atoms with Gasteiger partial charge < -0.3 is 16.0 Å². The molecule has 3 N–H and O–H groups in total. The Hall–Kier alpha value is -1.59. The Labute approximate surface area is 114 Å². The van der Waals surface area contributed by atoms with E-state index < -0.39 is 5.66 Å². The summed E-state index contributed by atoms with van der Waals surface area (Å²) in [6.07, 6.45) is 1.02. The van der Waals surface area contributed by atoms with Crippen LogP contribution in [0.2, 0.25) is 0 Å². The monoisotopic (exact) mass is 262 g/mol. The lowest BCUT2D eigenvalue weighted by Gasteiger charge is -2.46. The van der Waals surface area contributed by atoms with Crippen LogP contribution in [0.1, 0.15) is 6.92 Å². The van der Waals surface area contributed by atoms with E-state index in [0.717, 1.165) is 43.8 Å². The van der Waals surface area contributed by atoms with Gasteiger partial charge in [-0.25, -0.2) is 0 Å². The zero-order valence-corrected chi connectivity index (χ0v) is 11.6. The van der Waals surface area contributed by atoms with E-state index in [1.54, 1.807) is 0 Å². The second-order valence-corrected chi connectivity index (χ2v) is 5.10. The average Bonchev–Trinajstić information content (AvgIpc) is 2.47. The Morgan fingerprint density at radius 3 is 2.42 bits per heavy atom. The Kier molecular flexibility index (Phi) is 4.07. The predicted octanol–water partition coefficient (Wildman–Crippen LogP) is 0.525. The first kappa shape index (κ1) is 13.8. The second-order valence-electron chi connectivity index (χ2n) is 5.10. The van der Waals surface area contributed by atoms with E-state index in [9.17, 15) is 4.79 Å². The predicted molar refractivity (Wildman–Crippen MR) is 78.2 cm³/mol. The second kappa shape index (κ2) is 5.59. The largest absolute Gasteiger partial charge is 0.399 e. The molecule has 5 nitrogen and oxygen atoms in total. The molecule has 104 valence electrons. The molecule has 0 amide bonds. The minimum atomic E-state index is -0.627. The molecule has 0 spiro atoms. The standard InChI is InChI=1S/C14H22N4O/c1-14(11-19,18-9-7-16-8-10-18)17(2)13-5-3-12(15)4-6-13/h3-6,11,16H,7-10,15H2,1-2H3. The van der Waals surface area contributed by atoms with Crippen LogP contribution in [0.5, 0.6) is 0 Å². The molecule has 1 fully saturated rings. The summed E-state index contributed by atoms with van der Waals surface area (Å²) in [4.78, 5) is 15.9. The fraction of sp³-hybridized carbons (Fsp3) is 0.500. The SMILES string of the molecule is CN(c1ccc(N)cc1)C(C)(C=O)N1CCNCC1.